The second kappa shape index (κ2) is 3.43. The van der Waals surface area contributed by atoms with Gasteiger partial charge in [0.25, 0.3) is 0 Å². The minimum atomic E-state index is 0.461. The molecule has 0 aliphatic rings. The molecule has 0 saturated heterocycles. The summed E-state index contributed by atoms with van der Waals surface area (Å²) in [6, 6.07) is 3.63. The van der Waals surface area contributed by atoms with Gasteiger partial charge in [-0.25, -0.2) is 4.98 Å². The third kappa shape index (κ3) is 1.71. The fraction of sp³-hybridized carbons (Fsp3) is 0. The fourth-order valence-electron chi connectivity index (χ4n) is 0.903. The van der Waals surface area contributed by atoms with Gasteiger partial charge >= 0.3 is 0 Å². The third-order valence-electron chi connectivity index (χ3n) is 1.44. The van der Waals surface area contributed by atoms with Crippen LogP contribution in [0.3, 0.4) is 0 Å². The number of carbonyl (C=O) groups excluding carboxylic acids is 1. The highest BCUT2D eigenvalue weighted by Gasteiger charge is 2.07. The molecule has 3 nitrogen and oxygen atoms in total. The predicted molar refractivity (Wildman–Crippen MR) is 52.9 cm³/mol. The second-order valence-corrected chi connectivity index (χ2v) is 4.13. The molecule has 2 aromatic heterocycles. The highest BCUT2D eigenvalue weighted by atomic mass is 79.9. The van der Waals surface area contributed by atoms with E-state index >= 15 is 0 Å². The SMILES string of the molecule is O=Cc1ncc(-c2ccc(Br)o2)s1. The lowest BCUT2D eigenvalue weighted by Gasteiger charge is -1.85. The van der Waals surface area contributed by atoms with Crippen LogP contribution in [0.4, 0.5) is 0 Å². The number of aromatic nitrogens is 1. The molecular formula is C8H4BrNO2S. The quantitative estimate of drug-likeness (QED) is 0.777. The number of hydrogen-bond donors (Lipinski definition) is 0. The molecule has 0 N–H and O–H groups in total. The summed E-state index contributed by atoms with van der Waals surface area (Å²) in [4.78, 5) is 15.1. The molecule has 0 aliphatic heterocycles. The molecule has 66 valence electrons. The van der Waals surface area contributed by atoms with Crippen LogP contribution < -0.4 is 0 Å². The standard InChI is InChI=1S/C8H4BrNO2S/c9-7-2-1-5(12-7)6-3-10-8(4-11)13-6/h1-4H. The highest BCUT2D eigenvalue weighted by Crippen LogP contribution is 2.28. The molecule has 0 unspecified atom stereocenters. The van der Waals surface area contributed by atoms with E-state index < -0.39 is 0 Å². The third-order valence-corrected chi connectivity index (χ3v) is 2.80. The van der Waals surface area contributed by atoms with E-state index in [0.717, 1.165) is 16.9 Å². The average Bonchev–Trinajstić information content (AvgIpc) is 2.71. The van der Waals surface area contributed by atoms with E-state index in [2.05, 4.69) is 20.9 Å². The summed E-state index contributed by atoms with van der Waals surface area (Å²) < 4.78 is 5.97. The minimum absolute atomic E-state index is 0.461. The van der Waals surface area contributed by atoms with E-state index in [1.807, 2.05) is 6.07 Å². The maximum atomic E-state index is 10.4. The lowest BCUT2D eigenvalue weighted by atomic mass is 10.4. The molecular weight excluding hydrogens is 254 g/mol. The van der Waals surface area contributed by atoms with E-state index in [-0.39, 0.29) is 0 Å². The summed E-state index contributed by atoms with van der Waals surface area (Å²) in [5, 5.41) is 0.461. The summed E-state index contributed by atoms with van der Waals surface area (Å²) in [5.41, 5.74) is 0. The zero-order chi connectivity index (χ0) is 9.26. The van der Waals surface area contributed by atoms with Gasteiger partial charge in [-0.15, -0.1) is 11.3 Å². The molecule has 13 heavy (non-hydrogen) atoms. The first-order valence-corrected chi connectivity index (χ1v) is 5.07. The average molecular weight is 258 g/mol. The van der Waals surface area contributed by atoms with Gasteiger partial charge in [0, 0.05) is 6.20 Å². The number of thiazole rings is 1. The monoisotopic (exact) mass is 257 g/mol. The Kier molecular flexibility index (Phi) is 2.28. The zero-order valence-electron chi connectivity index (χ0n) is 6.36. The highest BCUT2D eigenvalue weighted by molar-refractivity contribution is 9.10. The molecule has 0 bridgehead atoms. The molecule has 0 fully saturated rings. The van der Waals surface area contributed by atoms with Crippen LogP contribution in [-0.4, -0.2) is 11.3 Å². The van der Waals surface area contributed by atoms with Crippen molar-refractivity contribution in [3.63, 3.8) is 0 Å². The van der Waals surface area contributed by atoms with Crippen LogP contribution in [0.25, 0.3) is 10.6 Å². The smallest absolute Gasteiger partial charge is 0.178 e. The Morgan fingerprint density at radius 2 is 2.38 bits per heavy atom. The Bertz CT molecular complexity index is 435. The number of hydrogen-bond acceptors (Lipinski definition) is 4. The van der Waals surface area contributed by atoms with Gasteiger partial charge in [0.2, 0.25) is 0 Å². The minimum Gasteiger partial charge on any atom is -0.448 e. The van der Waals surface area contributed by atoms with E-state index in [0.29, 0.717) is 9.68 Å². The van der Waals surface area contributed by atoms with Crippen molar-refractivity contribution in [2.24, 2.45) is 0 Å². The van der Waals surface area contributed by atoms with Gasteiger partial charge < -0.3 is 4.42 Å². The van der Waals surface area contributed by atoms with Gasteiger partial charge in [0.05, 0.1) is 4.88 Å². The first-order valence-electron chi connectivity index (χ1n) is 3.46. The van der Waals surface area contributed by atoms with Crippen molar-refractivity contribution in [2.75, 3.05) is 0 Å². The van der Waals surface area contributed by atoms with Crippen LogP contribution in [0.2, 0.25) is 0 Å². The number of rotatable bonds is 2. The van der Waals surface area contributed by atoms with Crippen LogP contribution in [0.15, 0.2) is 27.4 Å². The molecule has 0 aromatic carbocycles. The molecule has 0 amide bonds. The van der Waals surface area contributed by atoms with E-state index in [9.17, 15) is 4.79 Å². The van der Waals surface area contributed by atoms with Crippen LogP contribution in [0, 0.1) is 0 Å². The van der Waals surface area contributed by atoms with Crippen LogP contribution in [0.5, 0.6) is 0 Å². The van der Waals surface area contributed by atoms with Gasteiger partial charge in [-0.2, -0.15) is 0 Å². The first-order chi connectivity index (χ1) is 6.29. The molecule has 0 spiro atoms. The molecule has 2 aromatic rings. The van der Waals surface area contributed by atoms with Gasteiger partial charge in [-0.3, -0.25) is 4.79 Å². The molecule has 0 saturated carbocycles. The van der Waals surface area contributed by atoms with Crippen LogP contribution in [0.1, 0.15) is 9.80 Å². The number of carbonyl (C=O) groups is 1. The Hall–Kier alpha value is -0.940. The van der Waals surface area contributed by atoms with E-state index in [4.69, 9.17) is 4.42 Å². The van der Waals surface area contributed by atoms with Crippen molar-refractivity contribution < 1.29 is 9.21 Å². The van der Waals surface area contributed by atoms with Gasteiger partial charge in [0.1, 0.15) is 5.76 Å². The zero-order valence-corrected chi connectivity index (χ0v) is 8.76. The summed E-state index contributed by atoms with van der Waals surface area (Å²) in [6.07, 6.45) is 2.35. The second-order valence-electron chi connectivity index (χ2n) is 2.28. The normalized spacial score (nSPS) is 10.2. The van der Waals surface area contributed by atoms with Crippen LogP contribution >= 0.6 is 27.3 Å². The summed E-state index contributed by atoms with van der Waals surface area (Å²) >= 11 is 4.51. The molecule has 0 radical (unpaired) electrons. The Morgan fingerprint density at radius 3 is 2.92 bits per heavy atom. The molecule has 5 heteroatoms. The van der Waals surface area contributed by atoms with Gasteiger partial charge in [-0.05, 0) is 28.1 Å². The molecule has 0 atom stereocenters. The molecule has 2 heterocycles. The lowest BCUT2D eigenvalue weighted by molar-refractivity contribution is 0.112. The number of nitrogens with zero attached hydrogens (tertiary/aromatic N) is 1. The van der Waals surface area contributed by atoms with E-state index in [1.165, 1.54) is 11.3 Å². The van der Waals surface area contributed by atoms with Crippen molar-refractivity contribution in [3.05, 3.63) is 28.0 Å². The van der Waals surface area contributed by atoms with Crippen molar-refractivity contribution in [1.82, 2.24) is 4.98 Å². The molecule has 0 aliphatic carbocycles. The Labute approximate surface area is 86.5 Å². The van der Waals surface area contributed by atoms with Crippen molar-refractivity contribution in [2.45, 2.75) is 0 Å². The largest absolute Gasteiger partial charge is 0.448 e. The van der Waals surface area contributed by atoms with Crippen LogP contribution in [-0.2, 0) is 0 Å². The van der Waals surface area contributed by atoms with Crippen molar-refractivity contribution in [1.29, 1.82) is 0 Å². The number of aldehydes is 1. The van der Waals surface area contributed by atoms with Gasteiger partial charge in [-0.1, -0.05) is 0 Å². The number of furan rings is 1. The maximum Gasteiger partial charge on any atom is 0.178 e. The number of halogens is 1. The predicted octanol–water partition coefficient (Wildman–Crippen LogP) is 2.98. The maximum absolute atomic E-state index is 10.4. The fourth-order valence-corrected chi connectivity index (χ4v) is 1.90. The van der Waals surface area contributed by atoms with Crippen molar-refractivity contribution >= 4 is 33.6 Å². The summed E-state index contributed by atoms with van der Waals surface area (Å²) in [7, 11) is 0. The Morgan fingerprint density at radius 1 is 1.54 bits per heavy atom. The Balaban J connectivity index is 2.40. The topological polar surface area (TPSA) is 43.1 Å². The first kappa shape index (κ1) is 8.65. The summed E-state index contributed by atoms with van der Waals surface area (Å²) in [6.45, 7) is 0. The van der Waals surface area contributed by atoms with Crippen molar-refractivity contribution in [3.8, 4) is 10.6 Å². The lowest BCUT2D eigenvalue weighted by Crippen LogP contribution is -1.69. The van der Waals surface area contributed by atoms with Gasteiger partial charge in [0.15, 0.2) is 16.0 Å². The summed E-state index contributed by atoms with van der Waals surface area (Å²) in [5.74, 6) is 0.720. The molecule has 2 rings (SSSR count). The van der Waals surface area contributed by atoms with E-state index in [1.54, 1.807) is 12.3 Å².